The van der Waals surface area contributed by atoms with Gasteiger partial charge in [0.2, 0.25) is 0 Å². The van der Waals surface area contributed by atoms with E-state index < -0.39 is 17.6 Å². The maximum absolute atomic E-state index is 12.8. The summed E-state index contributed by atoms with van der Waals surface area (Å²) in [4.78, 5) is 13.4. The average Bonchev–Trinajstić information content (AvgIpc) is 2.52. The van der Waals surface area contributed by atoms with E-state index in [1.54, 1.807) is 13.0 Å². The van der Waals surface area contributed by atoms with Gasteiger partial charge in [-0.15, -0.1) is 6.58 Å². The van der Waals surface area contributed by atoms with Crippen molar-refractivity contribution in [1.82, 2.24) is 0 Å². The number of carbonyl (C=O) groups is 1. The highest BCUT2D eigenvalue weighted by Gasteiger charge is 2.31. The van der Waals surface area contributed by atoms with Gasteiger partial charge in [0.1, 0.15) is 12.3 Å². The van der Waals surface area contributed by atoms with E-state index in [0.717, 1.165) is 23.3 Å². The van der Waals surface area contributed by atoms with Crippen LogP contribution in [0.4, 0.5) is 18.9 Å². The first kappa shape index (κ1) is 18.3. The summed E-state index contributed by atoms with van der Waals surface area (Å²) in [6.45, 7) is 5.35. The van der Waals surface area contributed by atoms with E-state index in [1.165, 1.54) is 18.2 Å². The Balaban J connectivity index is 3.24. The zero-order chi connectivity index (χ0) is 17.5. The number of carbonyl (C=O) groups excluding carboxylic acids is 1. The Bertz CT molecular complexity index is 645. The molecule has 1 amide bonds. The van der Waals surface area contributed by atoms with Gasteiger partial charge in [0.25, 0.3) is 5.91 Å². The van der Waals surface area contributed by atoms with Gasteiger partial charge in [0.05, 0.1) is 12.2 Å². The number of benzene rings is 1. The monoisotopic (exact) mass is 324 g/mol. The van der Waals surface area contributed by atoms with Crippen LogP contribution in [-0.2, 0) is 15.7 Å². The van der Waals surface area contributed by atoms with Gasteiger partial charge in [0, 0.05) is 12.2 Å². The number of alkyl halides is 3. The van der Waals surface area contributed by atoms with Gasteiger partial charge >= 0.3 is 6.18 Å². The fraction of sp³-hybridized carbons (Fsp3) is 0.250. The number of amides is 1. The summed E-state index contributed by atoms with van der Waals surface area (Å²) in [6, 6.07) is 5.97. The number of halogens is 3. The lowest BCUT2D eigenvalue weighted by atomic mass is 10.1. The third-order valence-electron chi connectivity index (χ3n) is 2.76. The molecule has 0 bridgehead atoms. The van der Waals surface area contributed by atoms with Crippen molar-refractivity contribution in [3.63, 3.8) is 0 Å². The molecule has 4 nitrogen and oxygen atoms in total. The molecule has 122 valence electrons. The maximum atomic E-state index is 12.8. The zero-order valence-corrected chi connectivity index (χ0v) is 12.4. The second-order valence-corrected chi connectivity index (χ2v) is 4.35. The van der Waals surface area contributed by atoms with Crippen molar-refractivity contribution >= 4 is 11.6 Å². The minimum absolute atomic E-state index is 0.0161. The summed E-state index contributed by atoms with van der Waals surface area (Å²) in [5.41, 5.74) is -1.18. The first-order valence-corrected chi connectivity index (χ1v) is 6.67. The molecule has 1 aromatic carbocycles. The standard InChI is InChI=1S/C16H15F3N2O2/c1-3-8-21(15(22)12(10-20)11-23-4-2)14-7-5-6-13(9-14)16(17,18)19/h3,5-7,9,11H,1,4,8H2,2H3. The van der Waals surface area contributed by atoms with E-state index in [2.05, 4.69) is 6.58 Å². The van der Waals surface area contributed by atoms with E-state index in [0.29, 0.717) is 0 Å². The summed E-state index contributed by atoms with van der Waals surface area (Å²) in [6.07, 6.45) is -2.18. The second-order valence-electron chi connectivity index (χ2n) is 4.35. The zero-order valence-electron chi connectivity index (χ0n) is 12.4. The first-order valence-electron chi connectivity index (χ1n) is 6.67. The van der Waals surface area contributed by atoms with Crippen molar-refractivity contribution in [1.29, 1.82) is 5.26 Å². The van der Waals surface area contributed by atoms with Crippen LogP contribution in [0.15, 0.2) is 48.8 Å². The molecule has 0 saturated heterocycles. The summed E-state index contributed by atoms with van der Waals surface area (Å²) in [5, 5.41) is 9.02. The van der Waals surface area contributed by atoms with Gasteiger partial charge in [-0.3, -0.25) is 4.79 Å². The maximum Gasteiger partial charge on any atom is 0.416 e. The van der Waals surface area contributed by atoms with E-state index >= 15 is 0 Å². The SMILES string of the molecule is C=CCN(C(=O)C(C#N)=COCC)c1cccc(C(F)(F)F)c1. The highest BCUT2D eigenvalue weighted by molar-refractivity contribution is 6.08. The molecule has 1 aromatic rings. The van der Waals surface area contributed by atoms with E-state index in [-0.39, 0.29) is 24.4 Å². The van der Waals surface area contributed by atoms with Gasteiger partial charge in [-0.05, 0) is 25.1 Å². The second kappa shape index (κ2) is 8.03. The third-order valence-corrected chi connectivity index (χ3v) is 2.76. The predicted molar refractivity (Wildman–Crippen MR) is 79.3 cm³/mol. The number of hydrogen-bond donors (Lipinski definition) is 0. The molecular formula is C16H15F3N2O2. The molecule has 23 heavy (non-hydrogen) atoms. The van der Waals surface area contributed by atoms with Gasteiger partial charge < -0.3 is 9.64 Å². The normalized spacial score (nSPS) is 11.5. The van der Waals surface area contributed by atoms with Crippen LogP contribution in [0, 0.1) is 11.3 Å². The van der Waals surface area contributed by atoms with Crippen LogP contribution in [-0.4, -0.2) is 19.1 Å². The third kappa shape index (κ3) is 4.88. The van der Waals surface area contributed by atoms with E-state index in [1.807, 2.05) is 0 Å². The van der Waals surface area contributed by atoms with Gasteiger partial charge in [-0.25, -0.2) is 0 Å². The van der Waals surface area contributed by atoms with Crippen molar-refractivity contribution < 1.29 is 22.7 Å². The lowest BCUT2D eigenvalue weighted by molar-refractivity contribution is -0.137. The Hall–Kier alpha value is -2.75. The van der Waals surface area contributed by atoms with Crippen LogP contribution < -0.4 is 4.90 Å². The number of hydrogen-bond acceptors (Lipinski definition) is 3. The molecule has 0 N–H and O–H groups in total. The Labute approximate surface area is 132 Å². The van der Waals surface area contributed by atoms with Gasteiger partial charge in [-0.2, -0.15) is 18.4 Å². The largest absolute Gasteiger partial charge is 0.500 e. The first-order chi connectivity index (χ1) is 10.8. The number of nitrogens with zero attached hydrogens (tertiary/aromatic N) is 2. The molecule has 0 aliphatic heterocycles. The van der Waals surface area contributed by atoms with E-state index in [4.69, 9.17) is 10.00 Å². The van der Waals surface area contributed by atoms with Crippen LogP contribution in [0.3, 0.4) is 0 Å². The fourth-order valence-corrected chi connectivity index (χ4v) is 1.72. The smallest absolute Gasteiger partial charge is 0.416 e. The Morgan fingerprint density at radius 3 is 2.70 bits per heavy atom. The van der Waals surface area contributed by atoms with Crippen molar-refractivity contribution in [2.45, 2.75) is 13.1 Å². The molecule has 0 aromatic heterocycles. The quantitative estimate of drug-likeness (QED) is 0.347. The predicted octanol–water partition coefficient (Wildman–Crippen LogP) is 3.67. The summed E-state index contributed by atoms with van der Waals surface area (Å²) >= 11 is 0. The molecule has 1 rings (SSSR count). The Morgan fingerprint density at radius 1 is 1.48 bits per heavy atom. The van der Waals surface area contributed by atoms with Crippen LogP contribution in [0.25, 0.3) is 0 Å². The van der Waals surface area contributed by atoms with E-state index in [9.17, 15) is 18.0 Å². The molecule has 0 aliphatic rings. The van der Waals surface area contributed by atoms with Crippen molar-refractivity contribution in [3.8, 4) is 6.07 Å². The minimum Gasteiger partial charge on any atom is -0.500 e. The highest BCUT2D eigenvalue weighted by atomic mass is 19.4. The number of rotatable bonds is 6. The molecule has 0 fully saturated rings. The van der Waals surface area contributed by atoms with Gasteiger partial charge in [-0.1, -0.05) is 12.1 Å². The van der Waals surface area contributed by atoms with Crippen LogP contribution >= 0.6 is 0 Å². The topological polar surface area (TPSA) is 53.3 Å². The average molecular weight is 324 g/mol. The molecule has 0 spiro atoms. The minimum atomic E-state index is -4.53. The van der Waals surface area contributed by atoms with Crippen LogP contribution in [0.1, 0.15) is 12.5 Å². The van der Waals surface area contributed by atoms with Gasteiger partial charge in [0.15, 0.2) is 5.57 Å². The lowest BCUT2D eigenvalue weighted by Crippen LogP contribution is -2.32. The molecule has 0 aliphatic carbocycles. The van der Waals surface area contributed by atoms with Crippen molar-refractivity contribution in [2.75, 3.05) is 18.1 Å². The Morgan fingerprint density at radius 2 is 2.17 bits per heavy atom. The molecule has 7 heteroatoms. The lowest BCUT2D eigenvalue weighted by Gasteiger charge is -2.22. The van der Waals surface area contributed by atoms with Crippen molar-refractivity contribution in [2.24, 2.45) is 0 Å². The summed E-state index contributed by atoms with van der Waals surface area (Å²) in [7, 11) is 0. The summed E-state index contributed by atoms with van der Waals surface area (Å²) < 4.78 is 43.3. The molecular weight excluding hydrogens is 309 g/mol. The van der Waals surface area contributed by atoms with Crippen LogP contribution in [0.2, 0.25) is 0 Å². The molecule has 0 radical (unpaired) electrons. The number of anilines is 1. The Kier molecular flexibility index (Phi) is 6.39. The van der Waals surface area contributed by atoms with Crippen LogP contribution in [0.5, 0.6) is 0 Å². The molecule has 0 atom stereocenters. The molecule has 0 saturated carbocycles. The summed E-state index contributed by atoms with van der Waals surface area (Å²) in [5.74, 6) is -0.764. The highest BCUT2D eigenvalue weighted by Crippen LogP contribution is 2.31. The number of nitriles is 1. The van der Waals surface area contributed by atoms with Crippen molar-refractivity contribution in [3.05, 3.63) is 54.3 Å². The molecule has 0 unspecified atom stereocenters. The number of ether oxygens (including phenoxy) is 1. The fourth-order valence-electron chi connectivity index (χ4n) is 1.72. The molecule has 0 heterocycles.